The number of amides is 1. The molecule has 0 aliphatic carbocycles. The van der Waals surface area contributed by atoms with Gasteiger partial charge in [-0.1, -0.05) is 292 Å². The maximum absolute atomic E-state index is 13.1. The molecule has 1 heterocycles. The third-order valence-electron chi connectivity index (χ3n) is 15.4. The van der Waals surface area contributed by atoms with Crippen LogP contribution in [0.4, 0.5) is 0 Å². The van der Waals surface area contributed by atoms with Gasteiger partial charge in [0, 0.05) is 6.42 Å². The van der Waals surface area contributed by atoms with Gasteiger partial charge in [-0.05, 0) is 83.5 Å². The fraction of sp³-hybridized carbons (Fsp3) is 0.786. The Morgan fingerprint density at radius 2 is 0.797 bits per heavy atom. The lowest BCUT2D eigenvalue weighted by molar-refractivity contribution is -0.302. The molecule has 0 saturated carbocycles. The quantitative estimate of drug-likeness (QED) is 0.0261. The van der Waals surface area contributed by atoms with Gasteiger partial charge in [0.2, 0.25) is 5.91 Å². The number of hydrogen-bond acceptors (Lipinski definition) is 8. The van der Waals surface area contributed by atoms with Crippen LogP contribution in [0.25, 0.3) is 0 Å². The lowest BCUT2D eigenvalue weighted by Gasteiger charge is -2.40. The number of carbonyl (C=O) groups excluding carboxylic acids is 1. The molecule has 458 valence electrons. The first kappa shape index (κ1) is 74.4. The molecule has 9 heteroatoms. The molecule has 0 aromatic carbocycles. The van der Waals surface area contributed by atoms with E-state index in [0.29, 0.717) is 6.42 Å². The Morgan fingerprint density at radius 3 is 1.22 bits per heavy atom. The molecule has 0 aromatic heterocycles. The number of ether oxygens (including phenoxy) is 2. The van der Waals surface area contributed by atoms with Crippen LogP contribution in [0, 0.1) is 0 Å². The summed E-state index contributed by atoms with van der Waals surface area (Å²) in [6, 6.07) is -0.837. The highest BCUT2D eigenvalue weighted by Gasteiger charge is 2.44. The SMILES string of the molecule is CC/C=C\C/C=C\C/C=C\C/C=C\CCCCCCCCCCCCC(=O)NC(COC1OC(CO)C(O)C(O)C1O)C(O)/C=C/CC/C=C/CC/C=C/CCCCCCCCCCCCCCCCCCCCCCCCC. The second-order valence-corrected chi connectivity index (χ2v) is 22.9. The van der Waals surface area contributed by atoms with Gasteiger partial charge in [0.15, 0.2) is 6.29 Å². The minimum absolute atomic E-state index is 0.196. The van der Waals surface area contributed by atoms with E-state index in [4.69, 9.17) is 9.47 Å². The molecule has 0 aromatic rings. The molecule has 1 rings (SSSR count). The molecule has 9 nitrogen and oxygen atoms in total. The Morgan fingerprint density at radius 1 is 0.443 bits per heavy atom. The molecular formula is C70H125NO8. The van der Waals surface area contributed by atoms with Crippen molar-refractivity contribution in [2.45, 2.75) is 339 Å². The highest BCUT2D eigenvalue weighted by molar-refractivity contribution is 5.76. The van der Waals surface area contributed by atoms with E-state index in [0.717, 1.165) is 83.5 Å². The number of allylic oxidation sites excluding steroid dienone is 13. The van der Waals surface area contributed by atoms with Gasteiger partial charge in [0.25, 0.3) is 0 Å². The van der Waals surface area contributed by atoms with Crippen LogP contribution in [-0.2, 0) is 14.3 Å². The number of aliphatic hydroxyl groups is 5. The topological polar surface area (TPSA) is 149 Å². The lowest BCUT2D eigenvalue weighted by atomic mass is 9.99. The predicted octanol–water partition coefficient (Wildman–Crippen LogP) is 17.7. The summed E-state index contributed by atoms with van der Waals surface area (Å²) in [4.78, 5) is 13.1. The van der Waals surface area contributed by atoms with Gasteiger partial charge in [-0.15, -0.1) is 0 Å². The Hall–Kier alpha value is -2.63. The molecule has 1 amide bonds. The van der Waals surface area contributed by atoms with Crippen LogP contribution >= 0.6 is 0 Å². The first-order valence-electron chi connectivity index (χ1n) is 33.3. The van der Waals surface area contributed by atoms with Crippen molar-refractivity contribution in [2.75, 3.05) is 13.2 Å². The normalized spacial score (nSPS) is 19.1. The average Bonchev–Trinajstić information content (AvgIpc) is 3.47. The van der Waals surface area contributed by atoms with Crippen molar-refractivity contribution in [3.63, 3.8) is 0 Å². The van der Waals surface area contributed by atoms with E-state index in [-0.39, 0.29) is 12.5 Å². The first-order chi connectivity index (χ1) is 38.8. The molecule has 1 aliphatic heterocycles. The van der Waals surface area contributed by atoms with Crippen LogP contribution in [-0.4, -0.2) is 87.5 Å². The predicted molar refractivity (Wildman–Crippen MR) is 336 cm³/mol. The van der Waals surface area contributed by atoms with Crippen LogP contribution in [0.3, 0.4) is 0 Å². The zero-order chi connectivity index (χ0) is 57.2. The van der Waals surface area contributed by atoms with Gasteiger partial charge in [0.05, 0.1) is 25.4 Å². The van der Waals surface area contributed by atoms with Crippen molar-refractivity contribution in [3.8, 4) is 0 Å². The first-order valence-corrected chi connectivity index (χ1v) is 33.3. The number of hydrogen-bond donors (Lipinski definition) is 6. The molecule has 0 radical (unpaired) electrons. The van der Waals surface area contributed by atoms with Gasteiger partial charge in [-0.3, -0.25) is 4.79 Å². The van der Waals surface area contributed by atoms with E-state index < -0.39 is 49.5 Å². The largest absolute Gasteiger partial charge is 0.394 e. The number of carbonyl (C=O) groups is 1. The van der Waals surface area contributed by atoms with Crippen molar-refractivity contribution < 1.29 is 39.8 Å². The molecular weight excluding hydrogens is 983 g/mol. The fourth-order valence-corrected chi connectivity index (χ4v) is 10.2. The van der Waals surface area contributed by atoms with E-state index in [2.05, 4.69) is 92.1 Å². The molecule has 1 fully saturated rings. The fourth-order valence-electron chi connectivity index (χ4n) is 10.2. The maximum Gasteiger partial charge on any atom is 0.220 e. The minimum atomic E-state index is -1.58. The number of rotatable bonds is 57. The van der Waals surface area contributed by atoms with Crippen molar-refractivity contribution in [3.05, 3.63) is 85.1 Å². The average molecular weight is 1110 g/mol. The van der Waals surface area contributed by atoms with E-state index in [9.17, 15) is 30.3 Å². The van der Waals surface area contributed by atoms with Crippen molar-refractivity contribution >= 4 is 5.91 Å². The van der Waals surface area contributed by atoms with E-state index in [1.54, 1.807) is 6.08 Å². The monoisotopic (exact) mass is 1110 g/mol. The maximum atomic E-state index is 13.1. The van der Waals surface area contributed by atoms with Crippen LogP contribution < -0.4 is 5.32 Å². The smallest absolute Gasteiger partial charge is 0.220 e. The summed E-state index contributed by atoms with van der Waals surface area (Å²) in [6.07, 6.45) is 76.8. The van der Waals surface area contributed by atoms with Crippen LogP contribution in [0.15, 0.2) is 85.1 Å². The van der Waals surface area contributed by atoms with Gasteiger partial charge < -0.3 is 40.3 Å². The van der Waals surface area contributed by atoms with Crippen molar-refractivity contribution in [1.82, 2.24) is 5.32 Å². The molecule has 7 atom stereocenters. The van der Waals surface area contributed by atoms with Crippen molar-refractivity contribution in [2.24, 2.45) is 0 Å². The second-order valence-electron chi connectivity index (χ2n) is 22.9. The third-order valence-corrected chi connectivity index (χ3v) is 15.4. The second kappa shape index (κ2) is 58.6. The zero-order valence-electron chi connectivity index (χ0n) is 51.1. The van der Waals surface area contributed by atoms with E-state index in [1.807, 2.05) is 6.08 Å². The zero-order valence-corrected chi connectivity index (χ0v) is 51.1. The van der Waals surface area contributed by atoms with E-state index >= 15 is 0 Å². The summed E-state index contributed by atoms with van der Waals surface area (Å²) in [5, 5.41) is 54.6. The van der Waals surface area contributed by atoms with E-state index in [1.165, 1.54) is 193 Å². The molecule has 7 unspecified atom stereocenters. The van der Waals surface area contributed by atoms with Gasteiger partial charge in [-0.2, -0.15) is 0 Å². The summed E-state index contributed by atoms with van der Waals surface area (Å²) < 4.78 is 11.3. The Kier molecular flexibility index (Phi) is 55.1. The summed E-state index contributed by atoms with van der Waals surface area (Å²) in [5.74, 6) is -0.196. The lowest BCUT2D eigenvalue weighted by Crippen LogP contribution is -2.60. The summed E-state index contributed by atoms with van der Waals surface area (Å²) in [6.45, 7) is 3.67. The summed E-state index contributed by atoms with van der Waals surface area (Å²) in [5.41, 5.74) is 0. The van der Waals surface area contributed by atoms with Crippen LogP contribution in [0.2, 0.25) is 0 Å². The minimum Gasteiger partial charge on any atom is -0.394 e. The van der Waals surface area contributed by atoms with Gasteiger partial charge >= 0.3 is 0 Å². The number of aliphatic hydroxyl groups excluding tert-OH is 5. The van der Waals surface area contributed by atoms with Gasteiger partial charge in [0.1, 0.15) is 24.4 Å². The summed E-state index contributed by atoms with van der Waals surface area (Å²) >= 11 is 0. The molecule has 0 bridgehead atoms. The molecule has 0 spiro atoms. The molecule has 1 saturated heterocycles. The van der Waals surface area contributed by atoms with Gasteiger partial charge in [-0.25, -0.2) is 0 Å². The molecule has 1 aliphatic rings. The highest BCUT2D eigenvalue weighted by Crippen LogP contribution is 2.23. The number of nitrogens with one attached hydrogen (secondary N) is 1. The Balaban J connectivity index is 2.19. The van der Waals surface area contributed by atoms with Crippen LogP contribution in [0.1, 0.15) is 296 Å². The third kappa shape index (κ3) is 47.6. The Bertz CT molecular complexity index is 1520. The number of unbranched alkanes of at least 4 members (excludes halogenated alkanes) is 35. The molecule has 6 N–H and O–H groups in total. The Labute approximate surface area is 486 Å². The summed E-state index contributed by atoms with van der Waals surface area (Å²) in [7, 11) is 0. The molecule has 79 heavy (non-hydrogen) atoms. The standard InChI is InChI=1S/C70H125NO8/c1-3-5-7-9-11-13-15-17-19-21-23-25-27-28-29-30-31-32-33-34-35-36-38-39-41-43-45-47-49-51-53-55-57-59-64(73)63(62-78-70-69(77)68(76)67(75)65(61-72)79-70)71-66(74)60-58-56-54-52-50-48-46-44-42-40-37-26-24-22-20-18-16-14-12-10-8-6-4-2/h6,8,12,14,18,20,24,26,41,43,49,51,57,59,63-65,67-70,72-73,75-77H,3-5,7,9-11,13,15-17,19,21-23,25,27-40,42,44-48,50,52-56,58,60-62H2,1-2H3,(H,71,74)/b8-6-,14-12-,20-18-,26-24-,43-41+,51-49+,59-57+. The van der Waals surface area contributed by atoms with Crippen LogP contribution in [0.5, 0.6) is 0 Å². The van der Waals surface area contributed by atoms with Crippen molar-refractivity contribution in [1.29, 1.82) is 0 Å². The highest BCUT2D eigenvalue weighted by atomic mass is 16.7.